The minimum Gasteiger partial charge on any atom is -0.497 e. The first kappa shape index (κ1) is 19.4. The third kappa shape index (κ3) is 5.55. The zero-order valence-corrected chi connectivity index (χ0v) is 15.1. The summed E-state index contributed by atoms with van der Waals surface area (Å²) >= 11 is 3.08. The normalized spacial score (nSPS) is 9.96. The Bertz CT molecular complexity index is 826. The molecular formula is C17H14BrFN2O5. The lowest BCUT2D eigenvalue weighted by Gasteiger charge is -2.08. The van der Waals surface area contributed by atoms with Crippen LogP contribution in [0.15, 0.2) is 46.9 Å². The molecule has 2 aromatic rings. The summed E-state index contributed by atoms with van der Waals surface area (Å²) in [5.41, 5.74) is 0.372. The molecule has 2 aromatic carbocycles. The first-order valence-electron chi connectivity index (χ1n) is 7.26. The Labute approximate surface area is 156 Å². The molecule has 0 aromatic heterocycles. The lowest BCUT2D eigenvalue weighted by atomic mass is 10.2. The Morgan fingerprint density at radius 2 is 1.81 bits per heavy atom. The van der Waals surface area contributed by atoms with Crippen molar-refractivity contribution in [2.45, 2.75) is 0 Å². The monoisotopic (exact) mass is 424 g/mol. The summed E-state index contributed by atoms with van der Waals surface area (Å²) in [7, 11) is 1.51. The minimum atomic E-state index is -0.901. The number of rotatable bonds is 5. The summed E-state index contributed by atoms with van der Waals surface area (Å²) in [6.45, 7) is -0.697. The zero-order chi connectivity index (χ0) is 19.1. The Morgan fingerprint density at radius 1 is 1.12 bits per heavy atom. The number of imide groups is 1. The van der Waals surface area contributed by atoms with Gasteiger partial charge < -0.3 is 14.8 Å². The summed E-state index contributed by atoms with van der Waals surface area (Å²) in [6.07, 6.45) is 0. The molecule has 0 atom stereocenters. The Balaban J connectivity index is 1.83. The van der Waals surface area contributed by atoms with Crippen LogP contribution in [0, 0.1) is 5.82 Å². The highest BCUT2D eigenvalue weighted by Gasteiger charge is 2.15. The Morgan fingerprint density at radius 3 is 2.46 bits per heavy atom. The van der Waals surface area contributed by atoms with Gasteiger partial charge in [-0.25, -0.2) is 14.0 Å². The van der Waals surface area contributed by atoms with Crippen LogP contribution in [0.25, 0.3) is 0 Å². The van der Waals surface area contributed by atoms with E-state index in [4.69, 9.17) is 9.47 Å². The molecule has 2 N–H and O–H groups in total. The van der Waals surface area contributed by atoms with E-state index in [0.29, 0.717) is 15.9 Å². The third-order valence-corrected chi connectivity index (χ3v) is 3.78. The van der Waals surface area contributed by atoms with Crippen LogP contribution in [-0.2, 0) is 9.53 Å². The van der Waals surface area contributed by atoms with Crippen molar-refractivity contribution in [2.24, 2.45) is 0 Å². The van der Waals surface area contributed by atoms with Gasteiger partial charge in [0.15, 0.2) is 6.61 Å². The van der Waals surface area contributed by atoms with Gasteiger partial charge in [-0.05, 0) is 58.4 Å². The number of nitrogens with one attached hydrogen (secondary N) is 2. The van der Waals surface area contributed by atoms with Crippen molar-refractivity contribution in [3.8, 4) is 5.75 Å². The van der Waals surface area contributed by atoms with Gasteiger partial charge in [-0.2, -0.15) is 0 Å². The first-order valence-corrected chi connectivity index (χ1v) is 8.05. The predicted octanol–water partition coefficient (Wildman–Crippen LogP) is 3.10. The molecule has 0 aliphatic rings. The van der Waals surface area contributed by atoms with Gasteiger partial charge in [0, 0.05) is 10.2 Å². The molecule has 3 amide bonds. The van der Waals surface area contributed by atoms with Crippen molar-refractivity contribution in [1.29, 1.82) is 0 Å². The lowest BCUT2D eigenvalue weighted by Crippen LogP contribution is -2.37. The second-order valence-electron chi connectivity index (χ2n) is 4.93. The van der Waals surface area contributed by atoms with E-state index in [9.17, 15) is 18.8 Å². The van der Waals surface area contributed by atoms with Crippen molar-refractivity contribution in [3.05, 3.63) is 58.3 Å². The van der Waals surface area contributed by atoms with Crippen molar-refractivity contribution in [3.63, 3.8) is 0 Å². The van der Waals surface area contributed by atoms with E-state index in [1.54, 1.807) is 24.3 Å². The number of amides is 3. The van der Waals surface area contributed by atoms with Gasteiger partial charge in [-0.15, -0.1) is 0 Å². The fraction of sp³-hybridized carbons (Fsp3) is 0.118. The predicted molar refractivity (Wildman–Crippen MR) is 94.5 cm³/mol. The maximum Gasteiger partial charge on any atom is 0.339 e. The van der Waals surface area contributed by atoms with Crippen LogP contribution in [0.1, 0.15) is 10.4 Å². The number of methoxy groups -OCH3 is 1. The van der Waals surface area contributed by atoms with Gasteiger partial charge in [0.25, 0.3) is 5.91 Å². The number of hydrogen-bond acceptors (Lipinski definition) is 5. The summed E-state index contributed by atoms with van der Waals surface area (Å²) in [6, 6.07) is 9.13. The molecule has 136 valence electrons. The Hall–Kier alpha value is -2.94. The molecule has 0 radical (unpaired) electrons. The van der Waals surface area contributed by atoms with Crippen LogP contribution in [0.5, 0.6) is 5.75 Å². The number of anilines is 1. The smallest absolute Gasteiger partial charge is 0.339 e. The van der Waals surface area contributed by atoms with Gasteiger partial charge in [-0.3, -0.25) is 10.1 Å². The standard InChI is InChI=1S/C17H14BrFN2O5/c1-25-12-5-3-11(4-6-12)20-17(24)21-15(22)9-26-16(23)13-8-10(19)2-7-14(13)18/h2-8H,9H2,1H3,(H2,20,21,22,24). The summed E-state index contributed by atoms with van der Waals surface area (Å²) in [5, 5.41) is 4.44. The number of urea groups is 1. The molecule has 0 fully saturated rings. The van der Waals surface area contributed by atoms with Crippen molar-refractivity contribution < 1.29 is 28.2 Å². The Kier molecular flexibility index (Phi) is 6.67. The van der Waals surface area contributed by atoms with Crippen LogP contribution in [0.4, 0.5) is 14.9 Å². The largest absolute Gasteiger partial charge is 0.497 e. The van der Waals surface area contributed by atoms with E-state index in [1.807, 2.05) is 5.32 Å². The molecule has 26 heavy (non-hydrogen) atoms. The highest BCUT2D eigenvalue weighted by atomic mass is 79.9. The second-order valence-corrected chi connectivity index (χ2v) is 5.79. The number of carbonyl (C=O) groups is 3. The average molecular weight is 425 g/mol. The third-order valence-electron chi connectivity index (χ3n) is 3.08. The molecule has 7 nitrogen and oxygen atoms in total. The zero-order valence-electron chi connectivity index (χ0n) is 13.5. The maximum atomic E-state index is 13.2. The van der Waals surface area contributed by atoms with Crippen molar-refractivity contribution in [1.82, 2.24) is 5.32 Å². The van der Waals surface area contributed by atoms with Crippen LogP contribution >= 0.6 is 15.9 Å². The van der Waals surface area contributed by atoms with Crippen LogP contribution < -0.4 is 15.4 Å². The number of ether oxygens (including phenoxy) is 2. The molecule has 0 unspecified atom stereocenters. The summed E-state index contributed by atoms with van der Waals surface area (Å²) in [4.78, 5) is 35.2. The number of esters is 1. The van der Waals surface area contributed by atoms with E-state index < -0.39 is 30.3 Å². The van der Waals surface area contributed by atoms with Gasteiger partial charge in [-0.1, -0.05) is 0 Å². The molecule has 0 aliphatic heterocycles. The maximum absolute atomic E-state index is 13.2. The second kappa shape index (κ2) is 8.95. The summed E-state index contributed by atoms with van der Waals surface area (Å²) < 4.78 is 23.2. The van der Waals surface area contributed by atoms with Gasteiger partial charge in [0.05, 0.1) is 12.7 Å². The topological polar surface area (TPSA) is 93.7 Å². The van der Waals surface area contributed by atoms with E-state index in [0.717, 1.165) is 12.1 Å². The minimum absolute atomic E-state index is 0.0690. The van der Waals surface area contributed by atoms with Crippen molar-refractivity contribution in [2.75, 3.05) is 19.0 Å². The van der Waals surface area contributed by atoms with Crippen molar-refractivity contribution >= 4 is 39.5 Å². The van der Waals surface area contributed by atoms with E-state index in [-0.39, 0.29) is 5.56 Å². The van der Waals surface area contributed by atoms with E-state index in [2.05, 4.69) is 21.2 Å². The van der Waals surface area contributed by atoms with Gasteiger partial charge in [0.2, 0.25) is 0 Å². The highest BCUT2D eigenvalue weighted by Crippen LogP contribution is 2.18. The molecule has 9 heteroatoms. The summed E-state index contributed by atoms with van der Waals surface area (Å²) in [5.74, 6) is -1.75. The number of carbonyl (C=O) groups excluding carboxylic acids is 3. The number of halogens is 2. The molecule has 0 spiro atoms. The average Bonchev–Trinajstić information content (AvgIpc) is 2.62. The molecule has 0 bridgehead atoms. The molecular weight excluding hydrogens is 411 g/mol. The van der Waals surface area contributed by atoms with Crippen LogP contribution in [0.3, 0.4) is 0 Å². The number of benzene rings is 2. The molecule has 0 saturated carbocycles. The lowest BCUT2D eigenvalue weighted by molar-refractivity contribution is -0.123. The molecule has 2 rings (SSSR count). The first-order chi connectivity index (χ1) is 12.4. The fourth-order valence-corrected chi connectivity index (χ4v) is 2.27. The molecule has 0 saturated heterocycles. The van der Waals surface area contributed by atoms with Gasteiger partial charge in [0.1, 0.15) is 11.6 Å². The van der Waals surface area contributed by atoms with Crippen LogP contribution in [-0.4, -0.2) is 31.6 Å². The van der Waals surface area contributed by atoms with E-state index in [1.165, 1.54) is 13.2 Å². The molecule has 0 heterocycles. The number of hydrogen-bond donors (Lipinski definition) is 2. The quantitative estimate of drug-likeness (QED) is 0.719. The SMILES string of the molecule is COc1ccc(NC(=O)NC(=O)COC(=O)c2cc(F)ccc2Br)cc1. The van der Waals surface area contributed by atoms with E-state index >= 15 is 0 Å². The highest BCUT2D eigenvalue weighted by molar-refractivity contribution is 9.10. The van der Waals surface area contributed by atoms with Gasteiger partial charge >= 0.3 is 12.0 Å². The molecule has 0 aliphatic carbocycles. The van der Waals surface area contributed by atoms with Crippen LogP contribution in [0.2, 0.25) is 0 Å². The fourth-order valence-electron chi connectivity index (χ4n) is 1.86.